The van der Waals surface area contributed by atoms with Crippen LogP contribution in [0.2, 0.25) is 0 Å². The van der Waals surface area contributed by atoms with Crippen LogP contribution >= 0.6 is 0 Å². The van der Waals surface area contributed by atoms with Crippen molar-refractivity contribution in [2.45, 2.75) is 38.5 Å². The second-order valence-electron chi connectivity index (χ2n) is 7.02. The predicted molar refractivity (Wildman–Crippen MR) is 94.8 cm³/mol. The van der Waals surface area contributed by atoms with Gasteiger partial charge in [0.15, 0.2) is 0 Å². The maximum Gasteiger partial charge on any atom is 0.321 e. The van der Waals surface area contributed by atoms with Gasteiger partial charge in [-0.05, 0) is 56.2 Å². The average molecular weight is 347 g/mol. The number of hydrogen-bond donors (Lipinski definition) is 1. The molecule has 0 atom stereocenters. The summed E-state index contributed by atoms with van der Waals surface area (Å²) in [4.78, 5) is 28.4. The lowest BCUT2D eigenvalue weighted by molar-refractivity contribution is -0.133. The lowest BCUT2D eigenvalue weighted by Gasteiger charge is -2.33. The zero-order chi connectivity index (χ0) is 17.6. The van der Waals surface area contributed by atoms with Crippen LogP contribution < -0.4 is 5.32 Å². The van der Waals surface area contributed by atoms with Crippen molar-refractivity contribution < 1.29 is 14.0 Å². The number of urea groups is 1. The molecule has 1 aromatic carbocycles. The highest BCUT2D eigenvalue weighted by Gasteiger charge is 2.26. The van der Waals surface area contributed by atoms with E-state index >= 15 is 0 Å². The first-order valence-electron chi connectivity index (χ1n) is 9.21. The summed E-state index contributed by atoms with van der Waals surface area (Å²) in [6, 6.07) is 5.70. The standard InChI is InChI=1S/C19H26FN3O2/c20-16-5-4-6-17(14-16)21-19(25)23-11-7-15(8-12-23)13-18(24)22-9-2-1-3-10-22/h4-6,14-15H,1-3,7-13H2,(H,21,25). The highest BCUT2D eigenvalue weighted by atomic mass is 19.1. The lowest BCUT2D eigenvalue weighted by atomic mass is 9.93. The Hall–Kier alpha value is -2.11. The summed E-state index contributed by atoms with van der Waals surface area (Å²) in [6.45, 7) is 3.07. The molecule has 0 saturated carbocycles. The molecule has 2 aliphatic rings. The predicted octanol–water partition coefficient (Wildman–Crippen LogP) is 3.47. The summed E-state index contributed by atoms with van der Waals surface area (Å²) >= 11 is 0. The molecular weight excluding hydrogens is 321 g/mol. The van der Waals surface area contributed by atoms with E-state index < -0.39 is 0 Å². The van der Waals surface area contributed by atoms with Crippen LogP contribution in [0.1, 0.15) is 38.5 Å². The second kappa shape index (κ2) is 8.32. The van der Waals surface area contributed by atoms with E-state index in [-0.39, 0.29) is 17.8 Å². The molecule has 0 aromatic heterocycles. The molecule has 6 heteroatoms. The quantitative estimate of drug-likeness (QED) is 0.910. The number of benzene rings is 1. The molecule has 136 valence electrons. The fraction of sp³-hybridized carbons (Fsp3) is 0.579. The molecule has 2 heterocycles. The molecule has 0 bridgehead atoms. The van der Waals surface area contributed by atoms with Crippen molar-refractivity contribution in [2.75, 3.05) is 31.5 Å². The summed E-state index contributed by atoms with van der Waals surface area (Å²) in [5.41, 5.74) is 0.465. The largest absolute Gasteiger partial charge is 0.343 e. The van der Waals surface area contributed by atoms with Crippen molar-refractivity contribution in [3.63, 3.8) is 0 Å². The number of likely N-dealkylation sites (tertiary alicyclic amines) is 2. The van der Waals surface area contributed by atoms with E-state index in [0.29, 0.717) is 31.1 Å². The van der Waals surface area contributed by atoms with Gasteiger partial charge in [0.05, 0.1) is 0 Å². The van der Waals surface area contributed by atoms with Crippen LogP contribution in [0.4, 0.5) is 14.9 Å². The molecule has 0 unspecified atom stereocenters. The maximum absolute atomic E-state index is 13.2. The number of carbonyl (C=O) groups excluding carboxylic acids is 2. The van der Waals surface area contributed by atoms with E-state index in [1.165, 1.54) is 18.6 Å². The van der Waals surface area contributed by atoms with Gasteiger partial charge < -0.3 is 15.1 Å². The van der Waals surface area contributed by atoms with Crippen LogP contribution in [-0.2, 0) is 4.79 Å². The van der Waals surface area contributed by atoms with Gasteiger partial charge in [-0.3, -0.25) is 4.79 Å². The molecule has 0 radical (unpaired) electrons. The second-order valence-corrected chi connectivity index (χ2v) is 7.02. The Morgan fingerprint density at radius 1 is 1.04 bits per heavy atom. The van der Waals surface area contributed by atoms with Crippen LogP contribution in [0, 0.1) is 11.7 Å². The Bertz CT molecular complexity index is 608. The van der Waals surface area contributed by atoms with E-state index in [9.17, 15) is 14.0 Å². The summed E-state index contributed by atoms with van der Waals surface area (Å²) in [5, 5.41) is 2.73. The molecule has 1 aromatic rings. The fourth-order valence-electron chi connectivity index (χ4n) is 3.63. The number of nitrogens with one attached hydrogen (secondary N) is 1. The Morgan fingerprint density at radius 2 is 1.76 bits per heavy atom. The fourth-order valence-corrected chi connectivity index (χ4v) is 3.63. The van der Waals surface area contributed by atoms with Gasteiger partial charge in [0, 0.05) is 38.3 Å². The number of amides is 3. The van der Waals surface area contributed by atoms with E-state index in [1.54, 1.807) is 17.0 Å². The first-order chi connectivity index (χ1) is 12.1. The molecular formula is C19H26FN3O2. The van der Waals surface area contributed by atoms with Crippen molar-refractivity contribution in [3.8, 4) is 0 Å². The van der Waals surface area contributed by atoms with Crippen molar-refractivity contribution in [3.05, 3.63) is 30.1 Å². The number of nitrogens with zero attached hydrogens (tertiary/aromatic N) is 2. The minimum absolute atomic E-state index is 0.202. The molecule has 0 spiro atoms. The number of halogens is 1. The van der Waals surface area contributed by atoms with Crippen LogP contribution in [-0.4, -0.2) is 47.9 Å². The molecule has 2 aliphatic heterocycles. The van der Waals surface area contributed by atoms with Crippen molar-refractivity contribution in [1.29, 1.82) is 0 Å². The number of anilines is 1. The average Bonchev–Trinajstić information content (AvgIpc) is 2.63. The minimum Gasteiger partial charge on any atom is -0.343 e. The summed E-state index contributed by atoms with van der Waals surface area (Å²) in [6.07, 6.45) is 5.74. The number of hydrogen-bond acceptors (Lipinski definition) is 2. The van der Waals surface area contributed by atoms with Crippen LogP contribution in [0.15, 0.2) is 24.3 Å². The SMILES string of the molecule is O=C(CC1CCN(C(=O)Nc2cccc(F)c2)CC1)N1CCCCC1. The smallest absolute Gasteiger partial charge is 0.321 e. The van der Waals surface area contributed by atoms with Gasteiger partial charge in [0.2, 0.25) is 5.91 Å². The Kier molecular flexibility index (Phi) is 5.89. The third-order valence-electron chi connectivity index (χ3n) is 5.15. The van der Waals surface area contributed by atoms with Crippen LogP contribution in [0.5, 0.6) is 0 Å². The first-order valence-corrected chi connectivity index (χ1v) is 9.21. The lowest BCUT2D eigenvalue weighted by Crippen LogP contribution is -2.42. The van der Waals surface area contributed by atoms with Crippen LogP contribution in [0.25, 0.3) is 0 Å². The Morgan fingerprint density at radius 3 is 2.44 bits per heavy atom. The molecule has 2 saturated heterocycles. The van der Waals surface area contributed by atoms with Gasteiger partial charge in [0.1, 0.15) is 5.82 Å². The topological polar surface area (TPSA) is 52.7 Å². The Balaban J connectivity index is 1.43. The van der Waals surface area contributed by atoms with Gasteiger partial charge in [-0.1, -0.05) is 6.07 Å². The molecule has 3 rings (SSSR count). The maximum atomic E-state index is 13.2. The van der Waals surface area contributed by atoms with Crippen molar-refractivity contribution in [2.24, 2.45) is 5.92 Å². The van der Waals surface area contributed by atoms with Crippen molar-refractivity contribution >= 4 is 17.6 Å². The normalized spacial score (nSPS) is 18.9. The van der Waals surface area contributed by atoms with Gasteiger partial charge in [-0.15, -0.1) is 0 Å². The van der Waals surface area contributed by atoms with E-state index in [0.717, 1.165) is 38.8 Å². The van der Waals surface area contributed by atoms with Gasteiger partial charge in [-0.25, -0.2) is 9.18 Å². The van der Waals surface area contributed by atoms with E-state index in [2.05, 4.69) is 5.32 Å². The molecule has 5 nitrogen and oxygen atoms in total. The minimum atomic E-state index is -0.368. The van der Waals surface area contributed by atoms with E-state index in [1.807, 2.05) is 4.90 Å². The van der Waals surface area contributed by atoms with Gasteiger partial charge >= 0.3 is 6.03 Å². The highest BCUT2D eigenvalue weighted by molar-refractivity contribution is 5.89. The summed E-state index contributed by atoms with van der Waals surface area (Å²) < 4.78 is 13.2. The number of carbonyl (C=O) groups is 2. The Labute approximate surface area is 148 Å². The highest BCUT2D eigenvalue weighted by Crippen LogP contribution is 2.23. The number of piperidine rings is 2. The zero-order valence-electron chi connectivity index (χ0n) is 14.5. The summed E-state index contributed by atoms with van der Waals surface area (Å²) in [5.74, 6) is 0.253. The number of rotatable bonds is 3. The molecule has 3 amide bonds. The van der Waals surface area contributed by atoms with E-state index in [4.69, 9.17) is 0 Å². The van der Waals surface area contributed by atoms with Crippen LogP contribution in [0.3, 0.4) is 0 Å². The van der Waals surface area contributed by atoms with Gasteiger partial charge in [0.25, 0.3) is 0 Å². The van der Waals surface area contributed by atoms with Gasteiger partial charge in [-0.2, -0.15) is 0 Å². The van der Waals surface area contributed by atoms with Crippen molar-refractivity contribution in [1.82, 2.24) is 9.80 Å². The molecule has 1 N–H and O–H groups in total. The third kappa shape index (κ3) is 4.94. The first kappa shape index (κ1) is 17.7. The third-order valence-corrected chi connectivity index (χ3v) is 5.15. The molecule has 2 fully saturated rings. The molecule has 0 aliphatic carbocycles. The summed E-state index contributed by atoms with van der Waals surface area (Å²) in [7, 11) is 0. The molecule has 25 heavy (non-hydrogen) atoms. The zero-order valence-corrected chi connectivity index (χ0v) is 14.5. The monoisotopic (exact) mass is 347 g/mol.